The van der Waals surface area contributed by atoms with E-state index in [-0.39, 0.29) is 48.2 Å². The average molecular weight is 577 g/mol. The third-order valence-corrected chi connectivity index (χ3v) is 9.89. The number of likely N-dealkylation sites (tertiary alicyclic amines) is 1. The van der Waals surface area contributed by atoms with Crippen LogP contribution in [0.3, 0.4) is 0 Å². The number of rotatable bonds is 4. The van der Waals surface area contributed by atoms with Crippen molar-refractivity contribution in [2.45, 2.75) is 63.5 Å². The first kappa shape index (κ1) is 27.4. The molecule has 4 atom stereocenters. The van der Waals surface area contributed by atoms with Gasteiger partial charge in [0.15, 0.2) is 0 Å². The van der Waals surface area contributed by atoms with Crippen LogP contribution in [0, 0.1) is 29.5 Å². The molecule has 2 bridgehead atoms. The van der Waals surface area contributed by atoms with Crippen LogP contribution in [0.1, 0.15) is 68.5 Å². The summed E-state index contributed by atoms with van der Waals surface area (Å²) in [5, 5.41) is 9.31. The van der Waals surface area contributed by atoms with Crippen molar-refractivity contribution in [2.24, 2.45) is 23.7 Å². The van der Waals surface area contributed by atoms with Gasteiger partial charge in [0.2, 0.25) is 6.43 Å². The van der Waals surface area contributed by atoms with E-state index in [9.17, 15) is 18.7 Å². The molecule has 3 aromatic rings. The Balaban J connectivity index is 0.000000680. The van der Waals surface area contributed by atoms with E-state index in [1.54, 1.807) is 12.3 Å². The van der Waals surface area contributed by atoms with E-state index < -0.39 is 6.43 Å². The third kappa shape index (κ3) is 4.48. The van der Waals surface area contributed by atoms with Gasteiger partial charge in [0.1, 0.15) is 11.6 Å². The second-order valence-corrected chi connectivity index (χ2v) is 12.6. The van der Waals surface area contributed by atoms with Crippen LogP contribution < -0.4 is 0 Å². The van der Waals surface area contributed by atoms with Crippen molar-refractivity contribution in [3.63, 3.8) is 0 Å². The van der Waals surface area contributed by atoms with Gasteiger partial charge in [-0.3, -0.25) is 9.78 Å². The summed E-state index contributed by atoms with van der Waals surface area (Å²) in [7, 11) is 1.92. The van der Waals surface area contributed by atoms with E-state index in [1.165, 1.54) is 12.8 Å². The van der Waals surface area contributed by atoms with Crippen LogP contribution in [0.25, 0.3) is 22.2 Å². The van der Waals surface area contributed by atoms with Crippen LogP contribution in [0.15, 0.2) is 54.3 Å². The quantitative estimate of drug-likeness (QED) is 0.380. The number of fused-ring (bicyclic) bond motifs is 9. The fraction of sp³-hybridized carbons (Fsp3) is 0.485. The normalized spacial score (nSPS) is 29.5. The summed E-state index contributed by atoms with van der Waals surface area (Å²) < 4.78 is 38.2. The summed E-state index contributed by atoms with van der Waals surface area (Å²) in [6.07, 6.45) is 11.0. The Labute approximate surface area is 243 Å². The molecule has 6 nitrogen and oxygen atoms in total. The largest absolute Gasteiger partial charge is 0.396 e. The number of benzene rings is 1. The highest BCUT2D eigenvalue weighted by Gasteiger charge is 2.52. The van der Waals surface area contributed by atoms with Crippen LogP contribution in [0.2, 0.25) is 0 Å². The Morgan fingerprint density at radius 1 is 1.12 bits per heavy atom. The van der Waals surface area contributed by atoms with Crippen LogP contribution >= 0.6 is 0 Å². The van der Waals surface area contributed by atoms with Gasteiger partial charge in [-0.05, 0) is 80.5 Å². The van der Waals surface area contributed by atoms with E-state index in [1.807, 2.05) is 30.2 Å². The number of allylic oxidation sites excluding steroid dienone is 3. The molecule has 8 rings (SSSR count). The van der Waals surface area contributed by atoms with Gasteiger partial charge in [-0.1, -0.05) is 24.3 Å². The van der Waals surface area contributed by atoms with Crippen molar-refractivity contribution in [3.8, 4) is 11.1 Å². The van der Waals surface area contributed by atoms with Gasteiger partial charge >= 0.3 is 0 Å². The molecular weight excluding hydrogens is 541 g/mol. The van der Waals surface area contributed by atoms with Gasteiger partial charge < -0.3 is 14.6 Å². The number of hydrogen-bond donors (Lipinski definition) is 1. The van der Waals surface area contributed by atoms with Gasteiger partial charge in [-0.15, -0.1) is 0 Å². The summed E-state index contributed by atoms with van der Waals surface area (Å²) in [4.78, 5) is 25.0. The Bertz CT molecular complexity index is 1600. The fourth-order valence-corrected chi connectivity index (χ4v) is 7.65. The van der Waals surface area contributed by atoms with Crippen molar-refractivity contribution < 1.29 is 23.1 Å². The van der Waals surface area contributed by atoms with Crippen molar-refractivity contribution >= 4 is 16.9 Å². The molecule has 3 aliphatic carbocycles. The molecule has 2 aliphatic heterocycles. The molecule has 4 heterocycles. The first-order valence-electron chi connectivity index (χ1n) is 15.0. The first-order chi connectivity index (χ1) is 20.2. The number of likely N-dealkylation sites (N-methyl/N-ethyl adjacent to an activating group) is 1. The molecule has 1 amide bonds. The third-order valence-electron chi connectivity index (χ3n) is 9.89. The Morgan fingerprint density at radius 2 is 1.88 bits per heavy atom. The predicted molar refractivity (Wildman–Crippen MR) is 153 cm³/mol. The van der Waals surface area contributed by atoms with E-state index in [0.717, 1.165) is 59.7 Å². The minimum absolute atomic E-state index is 0.0432. The lowest BCUT2D eigenvalue weighted by Crippen LogP contribution is -2.36. The van der Waals surface area contributed by atoms with Crippen LogP contribution in [-0.4, -0.2) is 50.5 Å². The van der Waals surface area contributed by atoms with E-state index in [2.05, 4.69) is 27.8 Å². The molecule has 0 spiro atoms. The molecule has 9 heteroatoms. The van der Waals surface area contributed by atoms with E-state index in [4.69, 9.17) is 4.98 Å². The molecule has 0 radical (unpaired) electrons. The lowest BCUT2D eigenvalue weighted by molar-refractivity contribution is -0.128. The second kappa shape index (κ2) is 10.4. The summed E-state index contributed by atoms with van der Waals surface area (Å²) in [5.41, 5.74) is 5.08. The van der Waals surface area contributed by atoms with Gasteiger partial charge in [0.25, 0.3) is 5.91 Å². The second-order valence-electron chi connectivity index (χ2n) is 12.6. The molecule has 1 N–H and O–H groups in total. The Kier molecular flexibility index (Phi) is 6.76. The maximum absolute atomic E-state index is 15.1. The number of imidazole rings is 1. The minimum atomic E-state index is -2.17. The van der Waals surface area contributed by atoms with Gasteiger partial charge in [0.05, 0.1) is 22.8 Å². The number of amides is 1. The summed E-state index contributed by atoms with van der Waals surface area (Å²) in [6.45, 7) is 0.994. The van der Waals surface area contributed by atoms with Gasteiger partial charge in [-0.25, -0.2) is 18.2 Å². The predicted octanol–water partition coefficient (Wildman–Crippen LogP) is 6.59. The average Bonchev–Trinajstić information content (AvgIpc) is 3.65. The Morgan fingerprint density at radius 3 is 2.57 bits per heavy atom. The highest BCUT2D eigenvalue weighted by atomic mass is 19.3. The number of carbonyl (C=O) groups excluding carboxylic acids is 1. The SMILES string of the molecule is CC(F)F.CN1C(=O)C2=CC=CC(C3CC3)C2C2CC1c1nc3ccc(-c4cnc(C5CC(CO)C5)c(F)c4)cc3n12. The van der Waals surface area contributed by atoms with Crippen molar-refractivity contribution in [3.05, 3.63) is 71.6 Å². The van der Waals surface area contributed by atoms with Gasteiger partial charge in [0, 0.05) is 48.9 Å². The van der Waals surface area contributed by atoms with Crippen LogP contribution in [-0.2, 0) is 4.79 Å². The smallest absolute Gasteiger partial charge is 0.250 e. The molecule has 220 valence electrons. The summed E-state index contributed by atoms with van der Waals surface area (Å²) in [5.74, 6) is 2.37. The molecule has 5 aliphatic rings. The lowest BCUT2D eigenvalue weighted by Gasteiger charge is -2.35. The maximum Gasteiger partial charge on any atom is 0.250 e. The number of aromatic nitrogens is 3. The molecule has 4 unspecified atom stereocenters. The van der Waals surface area contributed by atoms with Crippen LogP contribution in [0.5, 0.6) is 0 Å². The number of aliphatic hydroxyl groups is 1. The van der Waals surface area contributed by atoms with Crippen molar-refractivity contribution in [2.75, 3.05) is 13.7 Å². The zero-order chi connectivity index (χ0) is 29.3. The molecule has 3 fully saturated rings. The molecule has 2 saturated carbocycles. The van der Waals surface area contributed by atoms with Crippen molar-refractivity contribution in [1.82, 2.24) is 19.4 Å². The minimum Gasteiger partial charge on any atom is -0.396 e. The monoisotopic (exact) mass is 576 g/mol. The zero-order valence-electron chi connectivity index (χ0n) is 23.8. The van der Waals surface area contributed by atoms with Gasteiger partial charge in [-0.2, -0.15) is 0 Å². The first-order valence-corrected chi connectivity index (χ1v) is 15.0. The summed E-state index contributed by atoms with van der Waals surface area (Å²) in [6, 6.07) is 7.86. The fourth-order valence-electron chi connectivity index (χ4n) is 7.65. The molecule has 42 heavy (non-hydrogen) atoms. The number of halogens is 3. The topological polar surface area (TPSA) is 71.2 Å². The number of hydrogen-bond acceptors (Lipinski definition) is 4. The number of alkyl halides is 2. The lowest BCUT2D eigenvalue weighted by atomic mass is 9.73. The number of carbonyl (C=O) groups is 1. The highest BCUT2D eigenvalue weighted by Crippen LogP contribution is 2.56. The van der Waals surface area contributed by atoms with Crippen LogP contribution in [0.4, 0.5) is 13.2 Å². The standard InChI is InChI=1S/C31H31FN4O2.C2H4F2/c1-35-27-13-26(28-21(17-5-6-17)3-2-4-22(28)31(35)38)36-25-12-18(7-8-24(25)34-30(27)36)20-11-23(32)29(33-14-20)19-9-16(10-19)15-37;1-2(3)4/h2-4,7-8,11-12,14,16-17,19,21,26-28,37H,5-6,9-10,13,15H2,1H3;2H,1H3. The maximum atomic E-state index is 15.1. The molecular formula is C33H35F3N4O2. The van der Waals surface area contributed by atoms with E-state index >= 15 is 4.39 Å². The molecule has 1 aromatic carbocycles. The van der Waals surface area contributed by atoms with E-state index in [0.29, 0.717) is 17.5 Å². The Hall–Kier alpha value is -3.46. The van der Waals surface area contributed by atoms with Crippen molar-refractivity contribution in [1.29, 1.82) is 0 Å². The number of pyridine rings is 1. The number of nitrogens with zero attached hydrogens (tertiary/aromatic N) is 4. The highest BCUT2D eigenvalue weighted by molar-refractivity contribution is 5.96. The zero-order valence-corrected chi connectivity index (χ0v) is 23.8. The number of aliphatic hydroxyl groups excluding tert-OH is 1. The molecule has 1 saturated heterocycles. The molecule has 2 aromatic heterocycles. The summed E-state index contributed by atoms with van der Waals surface area (Å²) >= 11 is 0.